The van der Waals surface area contributed by atoms with Gasteiger partial charge in [0.25, 0.3) is 5.91 Å². The summed E-state index contributed by atoms with van der Waals surface area (Å²) in [6.45, 7) is 0. The first-order valence-corrected chi connectivity index (χ1v) is 6.40. The van der Waals surface area contributed by atoms with Gasteiger partial charge in [0, 0.05) is 15.5 Å². The summed E-state index contributed by atoms with van der Waals surface area (Å²) in [5.74, 6) is -0.200. The molecule has 0 saturated heterocycles. The molecule has 0 radical (unpaired) electrons. The fraction of sp³-hybridized carbons (Fsp3) is 0. The maximum Gasteiger partial charge on any atom is 0.258 e. The number of aromatic nitrogens is 1. The maximum absolute atomic E-state index is 11.9. The number of anilines is 1. The molecular formula is C12H9IN2OS. The molecule has 1 heterocycles. The van der Waals surface area contributed by atoms with E-state index in [9.17, 15) is 4.79 Å². The molecular weight excluding hydrogens is 347 g/mol. The van der Waals surface area contributed by atoms with Gasteiger partial charge in [0.15, 0.2) is 0 Å². The Morgan fingerprint density at radius 1 is 1.29 bits per heavy atom. The van der Waals surface area contributed by atoms with Gasteiger partial charge in [-0.1, -0.05) is 18.3 Å². The van der Waals surface area contributed by atoms with Crippen LogP contribution in [0.3, 0.4) is 0 Å². The average Bonchev–Trinajstić information content (AvgIpc) is 2.29. The highest BCUT2D eigenvalue weighted by Gasteiger charge is 2.07. The zero-order chi connectivity index (χ0) is 12.3. The largest absolute Gasteiger partial charge is 0.352 e. The first-order chi connectivity index (χ1) is 8.16. The molecule has 1 aromatic heterocycles. The third-order valence-corrected chi connectivity index (χ3v) is 3.15. The Morgan fingerprint density at radius 3 is 2.82 bits per heavy atom. The van der Waals surface area contributed by atoms with Crippen LogP contribution in [0.5, 0.6) is 0 Å². The minimum Gasteiger partial charge on any atom is -0.352 e. The Hall–Kier alpha value is -1.21. The van der Waals surface area contributed by atoms with Gasteiger partial charge in [-0.15, -0.1) is 0 Å². The van der Waals surface area contributed by atoms with Crippen molar-refractivity contribution < 1.29 is 4.79 Å². The van der Waals surface area contributed by atoms with Gasteiger partial charge in [0.2, 0.25) is 0 Å². The molecule has 1 amide bonds. The third-order valence-electron chi connectivity index (χ3n) is 2.15. The summed E-state index contributed by atoms with van der Waals surface area (Å²) in [5.41, 5.74) is 1.24. The highest BCUT2D eigenvalue weighted by molar-refractivity contribution is 14.1. The fourth-order valence-corrected chi connectivity index (χ4v) is 2.14. The SMILES string of the molecule is O=C(Nc1cccc(I)c1)c1ccc[nH]c1=S. The Morgan fingerprint density at radius 2 is 2.12 bits per heavy atom. The Balaban J connectivity index is 2.23. The van der Waals surface area contributed by atoms with E-state index < -0.39 is 0 Å². The zero-order valence-corrected chi connectivity index (χ0v) is 11.7. The highest BCUT2D eigenvalue weighted by Crippen LogP contribution is 2.13. The molecule has 0 aliphatic heterocycles. The smallest absolute Gasteiger partial charge is 0.258 e. The lowest BCUT2D eigenvalue weighted by Crippen LogP contribution is -2.12. The normalized spacial score (nSPS) is 9.94. The van der Waals surface area contributed by atoms with Gasteiger partial charge in [0.05, 0.1) is 5.56 Å². The van der Waals surface area contributed by atoms with Gasteiger partial charge < -0.3 is 10.3 Å². The number of pyridine rings is 1. The number of rotatable bonds is 2. The van der Waals surface area contributed by atoms with Crippen molar-refractivity contribution >= 4 is 46.4 Å². The van der Waals surface area contributed by atoms with E-state index in [4.69, 9.17) is 12.2 Å². The summed E-state index contributed by atoms with van der Waals surface area (Å²) in [4.78, 5) is 14.8. The number of hydrogen-bond donors (Lipinski definition) is 2. The molecule has 0 aliphatic carbocycles. The van der Waals surface area contributed by atoms with Gasteiger partial charge in [-0.05, 0) is 52.9 Å². The van der Waals surface area contributed by atoms with E-state index in [1.807, 2.05) is 24.3 Å². The lowest BCUT2D eigenvalue weighted by molar-refractivity contribution is 0.102. The van der Waals surface area contributed by atoms with Gasteiger partial charge in [-0.3, -0.25) is 4.79 Å². The molecule has 1 aromatic carbocycles. The van der Waals surface area contributed by atoms with Gasteiger partial charge in [-0.25, -0.2) is 0 Å². The number of aromatic amines is 1. The van der Waals surface area contributed by atoms with E-state index in [1.165, 1.54) is 0 Å². The topological polar surface area (TPSA) is 44.9 Å². The zero-order valence-electron chi connectivity index (χ0n) is 8.74. The van der Waals surface area contributed by atoms with Crippen molar-refractivity contribution in [1.29, 1.82) is 0 Å². The molecule has 0 spiro atoms. The standard InChI is InChI=1S/C12H9IN2OS/c13-8-3-1-4-9(7-8)15-11(16)10-5-2-6-14-12(10)17/h1-7H,(H,14,17)(H,15,16). The van der Waals surface area contributed by atoms with Crippen LogP contribution in [0.25, 0.3) is 0 Å². The van der Waals surface area contributed by atoms with E-state index in [1.54, 1.807) is 18.3 Å². The van der Waals surface area contributed by atoms with Crippen molar-refractivity contribution in [3.8, 4) is 0 Å². The van der Waals surface area contributed by atoms with Gasteiger partial charge in [-0.2, -0.15) is 0 Å². The molecule has 2 N–H and O–H groups in total. The molecule has 3 nitrogen and oxygen atoms in total. The van der Waals surface area contributed by atoms with Gasteiger partial charge in [0.1, 0.15) is 4.64 Å². The Kier molecular flexibility index (Phi) is 3.90. The summed E-state index contributed by atoms with van der Waals surface area (Å²) in [7, 11) is 0. The van der Waals surface area contributed by atoms with Crippen molar-refractivity contribution in [2.45, 2.75) is 0 Å². The van der Waals surface area contributed by atoms with Crippen molar-refractivity contribution in [2.24, 2.45) is 0 Å². The second-order valence-corrected chi connectivity index (χ2v) is 5.03. The van der Waals surface area contributed by atoms with E-state index in [2.05, 4.69) is 32.9 Å². The van der Waals surface area contributed by atoms with E-state index in [0.717, 1.165) is 9.26 Å². The first kappa shape index (κ1) is 12.3. The third kappa shape index (κ3) is 3.13. The molecule has 2 aromatic rings. The van der Waals surface area contributed by atoms with E-state index in [-0.39, 0.29) is 5.91 Å². The second-order valence-electron chi connectivity index (χ2n) is 3.38. The van der Waals surface area contributed by atoms with Crippen molar-refractivity contribution in [3.05, 3.63) is 56.4 Å². The average molecular weight is 356 g/mol. The number of hydrogen-bond acceptors (Lipinski definition) is 2. The minimum absolute atomic E-state index is 0.200. The van der Waals surface area contributed by atoms with Crippen LogP contribution in [-0.2, 0) is 0 Å². The predicted octanol–water partition coefficient (Wildman–Crippen LogP) is 3.60. The minimum atomic E-state index is -0.200. The number of amides is 1. The molecule has 0 fully saturated rings. The second kappa shape index (κ2) is 5.42. The molecule has 0 saturated carbocycles. The molecule has 2 rings (SSSR count). The van der Waals surface area contributed by atoms with Crippen LogP contribution in [0.2, 0.25) is 0 Å². The lowest BCUT2D eigenvalue weighted by atomic mass is 10.2. The van der Waals surface area contributed by atoms with Gasteiger partial charge >= 0.3 is 0 Å². The fourth-order valence-electron chi connectivity index (χ4n) is 1.37. The van der Waals surface area contributed by atoms with Crippen LogP contribution in [0.1, 0.15) is 10.4 Å². The summed E-state index contributed by atoms with van der Waals surface area (Å²) in [6, 6.07) is 11.0. The maximum atomic E-state index is 11.9. The summed E-state index contributed by atoms with van der Waals surface area (Å²) in [5, 5.41) is 2.81. The number of halogens is 1. The van der Waals surface area contributed by atoms with Crippen LogP contribution in [-0.4, -0.2) is 10.9 Å². The number of carbonyl (C=O) groups excluding carboxylic acids is 1. The van der Waals surface area contributed by atoms with Crippen LogP contribution in [0.4, 0.5) is 5.69 Å². The van der Waals surface area contributed by atoms with E-state index >= 15 is 0 Å². The van der Waals surface area contributed by atoms with Crippen LogP contribution in [0, 0.1) is 8.21 Å². The van der Waals surface area contributed by atoms with Crippen molar-refractivity contribution in [1.82, 2.24) is 4.98 Å². The Labute approximate surface area is 117 Å². The number of benzene rings is 1. The van der Waals surface area contributed by atoms with Crippen LogP contribution in [0.15, 0.2) is 42.6 Å². The van der Waals surface area contributed by atoms with Crippen molar-refractivity contribution in [2.75, 3.05) is 5.32 Å². The molecule has 0 aliphatic rings. The van der Waals surface area contributed by atoms with Crippen molar-refractivity contribution in [3.63, 3.8) is 0 Å². The summed E-state index contributed by atoms with van der Waals surface area (Å²) < 4.78 is 1.51. The molecule has 86 valence electrons. The highest BCUT2D eigenvalue weighted by atomic mass is 127. The summed E-state index contributed by atoms with van der Waals surface area (Å²) in [6.07, 6.45) is 1.70. The molecule has 0 atom stereocenters. The molecule has 5 heteroatoms. The van der Waals surface area contributed by atoms with Crippen LogP contribution >= 0.6 is 34.8 Å². The molecule has 0 unspecified atom stereocenters. The molecule has 17 heavy (non-hydrogen) atoms. The number of nitrogens with one attached hydrogen (secondary N) is 2. The Bertz CT molecular complexity index is 609. The quantitative estimate of drug-likeness (QED) is 0.638. The van der Waals surface area contributed by atoms with E-state index in [0.29, 0.717) is 10.2 Å². The van der Waals surface area contributed by atoms with Crippen LogP contribution < -0.4 is 5.32 Å². The lowest BCUT2D eigenvalue weighted by Gasteiger charge is -2.05. The molecule has 0 bridgehead atoms. The monoisotopic (exact) mass is 356 g/mol. The number of H-pyrrole nitrogens is 1. The summed E-state index contributed by atoms with van der Waals surface area (Å²) >= 11 is 7.25. The number of carbonyl (C=O) groups is 1. The first-order valence-electron chi connectivity index (χ1n) is 4.91. The predicted molar refractivity (Wildman–Crippen MR) is 78.7 cm³/mol.